The number of carboxylic acids is 1. The Kier molecular flexibility index (Phi) is 4.40. The third-order valence-corrected chi connectivity index (χ3v) is 4.62. The topological polar surface area (TPSA) is 59.3 Å². The zero-order valence-corrected chi connectivity index (χ0v) is 13.6. The molecule has 0 unspecified atom stereocenters. The van der Waals surface area contributed by atoms with Crippen molar-refractivity contribution in [1.29, 1.82) is 0 Å². The molecule has 0 aliphatic carbocycles. The Morgan fingerprint density at radius 2 is 1.86 bits per heavy atom. The first-order chi connectivity index (χ1) is 10.4. The molecule has 0 aliphatic rings. The van der Waals surface area contributed by atoms with Crippen LogP contribution in [0, 0.1) is 0 Å². The van der Waals surface area contributed by atoms with Gasteiger partial charge < -0.3 is 5.11 Å². The summed E-state index contributed by atoms with van der Waals surface area (Å²) in [4.78, 5) is 24.5. The molecule has 118 valence electrons. The molecule has 2 aromatic rings. The van der Waals surface area contributed by atoms with E-state index in [2.05, 4.69) is 13.8 Å². The first kappa shape index (κ1) is 16.3. The molecule has 0 atom stereocenters. The molecule has 0 bridgehead atoms. The minimum atomic E-state index is -1.18. The fourth-order valence-corrected chi connectivity index (χ4v) is 2.96. The highest BCUT2D eigenvalue weighted by atomic mass is 16.4. The van der Waals surface area contributed by atoms with Gasteiger partial charge >= 0.3 is 5.97 Å². The molecule has 1 aromatic carbocycles. The third kappa shape index (κ3) is 2.43. The first-order valence-electron chi connectivity index (χ1n) is 7.76. The van der Waals surface area contributed by atoms with E-state index >= 15 is 0 Å². The molecule has 0 radical (unpaired) electrons. The van der Waals surface area contributed by atoms with Crippen LogP contribution in [0.25, 0.3) is 10.8 Å². The molecule has 0 fully saturated rings. The molecule has 1 heterocycles. The number of fused-ring (bicyclic) bond motifs is 1. The molecule has 4 nitrogen and oxygen atoms in total. The van der Waals surface area contributed by atoms with Gasteiger partial charge in [-0.25, -0.2) is 4.79 Å². The van der Waals surface area contributed by atoms with Crippen LogP contribution in [0.5, 0.6) is 0 Å². The normalized spacial score (nSPS) is 12.0. The van der Waals surface area contributed by atoms with Crippen LogP contribution < -0.4 is 5.56 Å². The molecule has 2 rings (SSSR count). The van der Waals surface area contributed by atoms with Gasteiger partial charge in [-0.1, -0.05) is 39.8 Å². The predicted octanol–water partition coefficient (Wildman–Crippen LogP) is 3.72. The van der Waals surface area contributed by atoms with E-state index < -0.39 is 11.5 Å². The van der Waals surface area contributed by atoms with Gasteiger partial charge in [0.1, 0.15) is 5.54 Å². The summed E-state index contributed by atoms with van der Waals surface area (Å²) < 4.78 is 1.38. The molecule has 1 N–H and O–H groups in total. The maximum atomic E-state index is 12.8. The minimum Gasteiger partial charge on any atom is -0.479 e. The molecule has 0 aliphatic heterocycles. The summed E-state index contributed by atoms with van der Waals surface area (Å²) >= 11 is 0. The van der Waals surface area contributed by atoms with Gasteiger partial charge in [0, 0.05) is 11.6 Å². The van der Waals surface area contributed by atoms with Crippen LogP contribution in [-0.2, 0) is 10.3 Å². The van der Waals surface area contributed by atoms with Crippen LogP contribution >= 0.6 is 0 Å². The van der Waals surface area contributed by atoms with Crippen LogP contribution in [0.15, 0.2) is 35.3 Å². The van der Waals surface area contributed by atoms with Crippen molar-refractivity contribution in [3.8, 4) is 0 Å². The smallest absolute Gasteiger partial charge is 0.329 e. The fraction of sp³-hybridized carbons (Fsp3) is 0.444. The number of hydrogen-bond donors (Lipinski definition) is 1. The summed E-state index contributed by atoms with van der Waals surface area (Å²) in [6.07, 6.45) is 2.36. The number of carboxylic acid groups (broad SMARTS) is 1. The maximum absolute atomic E-state index is 12.8. The largest absolute Gasteiger partial charge is 0.479 e. The Morgan fingerprint density at radius 3 is 2.36 bits per heavy atom. The van der Waals surface area contributed by atoms with Gasteiger partial charge in [-0.2, -0.15) is 0 Å². The number of aliphatic carboxylic acids is 1. The Morgan fingerprint density at radius 1 is 1.23 bits per heavy atom. The number of hydrogen-bond acceptors (Lipinski definition) is 2. The van der Waals surface area contributed by atoms with E-state index in [1.807, 2.05) is 18.2 Å². The highest BCUT2D eigenvalue weighted by molar-refractivity contribution is 5.83. The summed E-state index contributed by atoms with van der Waals surface area (Å²) in [5.41, 5.74) is -0.249. The zero-order chi connectivity index (χ0) is 16.5. The van der Waals surface area contributed by atoms with Crippen molar-refractivity contribution in [2.45, 2.75) is 52.0 Å². The highest BCUT2D eigenvalue weighted by Crippen LogP contribution is 2.26. The van der Waals surface area contributed by atoms with E-state index in [-0.39, 0.29) is 5.56 Å². The second-order valence-corrected chi connectivity index (χ2v) is 6.04. The van der Waals surface area contributed by atoms with Crippen molar-refractivity contribution >= 4 is 16.7 Å². The average molecular weight is 301 g/mol. The van der Waals surface area contributed by atoms with Crippen molar-refractivity contribution in [2.24, 2.45) is 0 Å². The van der Waals surface area contributed by atoms with E-state index in [1.165, 1.54) is 10.1 Å². The lowest BCUT2D eigenvalue weighted by atomic mass is 9.91. The zero-order valence-electron chi connectivity index (χ0n) is 13.6. The minimum absolute atomic E-state index is 0.237. The van der Waals surface area contributed by atoms with Crippen molar-refractivity contribution in [3.05, 3.63) is 46.4 Å². The van der Waals surface area contributed by atoms with E-state index in [0.29, 0.717) is 24.1 Å². The second kappa shape index (κ2) is 5.95. The standard InChI is InChI=1S/C18H23NO3/c1-5-18(6-2,17(21)22)19-10-9-14-11-13(12(3)4)7-8-15(14)16(19)20/h7-12H,5-6H2,1-4H3,(H,21,22). The number of benzene rings is 1. The quantitative estimate of drug-likeness (QED) is 0.915. The summed E-state index contributed by atoms with van der Waals surface area (Å²) in [5, 5.41) is 11.1. The maximum Gasteiger partial charge on any atom is 0.329 e. The molecule has 1 aromatic heterocycles. The van der Waals surface area contributed by atoms with Gasteiger partial charge in [0.15, 0.2) is 0 Å². The molecule has 0 spiro atoms. The average Bonchev–Trinajstić information content (AvgIpc) is 2.50. The molecule has 4 heteroatoms. The van der Waals surface area contributed by atoms with Gasteiger partial charge in [0.05, 0.1) is 0 Å². The van der Waals surface area contributed by atoms with Gasteiger partial charge in [0.25, 0.3) is 5.56 Å². The number of pyridine rings is 1. The molecular formula is C18H23NO3. The van der Waals surface area contributed by atoms with Gasteiger partial charge in [-0.15, -0.1) is 0 Å². The predicted molar refractivity (Wildman–Crippen MR) is 88.5 cm³/mol. The van der Waals surface area contributed by atoms with Crippen molar-refractivity contribution in [2.75, 3.05) is 0 Å². The lowest BCUT2D eigenvalue weighted by Gasteiger charge is -2.29. The lowest BCUT2D eigenvalue weighted by Crippen LogP contribution is -2.46. The molecule has 0 saturated heterocycles. The molecule has 0 amide bonds. The Labute approximate surface area is 130 Å². The summed E-state index contributed by atoms with van der Waals surface area (Å²) in [6, 6.07) is 7.60. The van der Waals surface area contributed by atoms with Crippen molar-refractivity contribution in [3.63, 3.8) is 0 Å². The molecule has 22 heavy (non-hydrogen) atoms. The second-order valence-electron chi connectivity index (χ2n) is 6.04. The van der Waals surface area contributed by atoms with Crippen molar-refractivity contribution < 1.29 is 9.90 Å². The molecule has 0 saturated carbocycles. The van der Waals surface area contributed by atoms with Gasteiger partial charge in [-0.3, -0.25) is 9.36 Å². The number of rotatable bonds is 5. The van der Waals surface area contributed by atoms with Crippen LogP contribution in [0.1, 0.15) is 52.0 Å². The number of aromatic nitrogens is 1. The van der Waals surface area contributed by atoms with Gasteiger partial charge in [-0.05, 0) is 41.8 Å². The van der Waals surface area contributed by atoms with E-state index in [1.54, 1.807) is 26.1 Å². The SMILES string of the molecule is CCC(CC)(C(=O)O)n1ccc2cc(C(C)C)ccc2c1=O. The molecular weight excluding hydrogens is 278 g/mol. The van der Waals surface area contributed by atoms with Gasteiger partial charge in [0.2, 0.25) is 0 Å². The summed E-state index contributed by atoms with van der Waals surface area (Å²) in [6.45, 7) is 7.81. The van der Waals surface area contributed by atoms with E-state index in [4.69, 9.17) is 0 Å². The lowest BCUT2D eigenvalue weighted by molar-refractivity contribution is -0.148. The van der Waals surface area contributed by atoms with E-state index in [0.717, 1.165) is 5.39 Å². The van der Waals surface area contributed by atoms with Crippen LogP contribution in [0.2, 0.25) is 0 Å². The van der Waals surface area contributed by atoms with Crippen LogP contribution in [-0.4, -0.2) is 15.6 Å². The van der Waals surface area contributed by atoms with E-state index in [9.17, 15) is 14.7 Å². The van der Waals surface area contributed by atoms with Crippen LogP contribution in [0.3, 0.4) is 0 Å². The Bertz CT molecular complexity index is 755. The third-order valence-electron chi connectivity index (χ3n) is 4.62. The highest BCUT2D eigenvalue weighted by Gasteiger charge is 2.37. The fourth-order valence-electron chi connectivity index (χ4n) is 2.96. The Hall–Kier alpha value is -2.10. The summed E-state index contributed by atoms with van der Waals surface area (Å²) in [7, 11) is 0. The number of nitrogens with zero attached hydrogens (tertiary/aromatic N) is 1. The number of carbonyl (C=O) groups is 1. The summed E-state index contributed by atoms with van der Waals surface area (Å²) in [5.74, 6) is -0.575. The van der Waals surface area contributed by atoms with Crippen LogP contribution in [0.4, 0.5) is 0 Å². The first-order valence-corrected chi connectivity index (χ1v) is 7.76. The van der Waals surface area contributed by atoms with Crippen molar-refractivity contribution in [1.82, 2.24) is 4.57 Å². The monoisotopic (exact) mass is 301 g/mol. The Balaban J connectivity index is 2.73.